The van der Waals surface area contributed by atoms with Crippen LogP contribution in [0.3, 0.4) is 0 Å². The van der Waals surface area contributed by atoms with Gasteiger partial charge in [0.2, 0.25) is 5.95 Å². The smallest absolute Gasteiger partial charge is 0.222 e. The molecular weight excluding hydrogens is 214 g/mol. The summed E-state index contributed by atoms with van der Waals surface area (Å²) in [4.78, 5) is 11.6. The molecule has 2 aromatic rings. The average molecular weight is 231 g/mol. The van der Waals surface area contributed by atoms with Gasteiger partial charge in [-0.05, 0) is 24.6 Å². The van der Waals surface area contributed by atoms with Gasteiger partial charge in [-0.2, -0.15) is 0 Å². The molecule has 2 aromatic heterocycles. The summed E-state index contributed by atoms with van der Waals surface area (Å²) in [5.74, 6) is 1.06. The summed E-state index contributed by atoms with van der Waals surface area (Å²) in [7, 11) is 0. The Labute approximate surface area is 100 Å². The van der Waals surface area contributed by atoms with E-state index in [1.54, 1.807) is 12.4 Å². The second kappa shape index (κ2) is 5.45. The van der Waals surface area contributed by atoms with Crippen LogP contribution in [0.4, 0.5) is 5.95 Å². The van der Waals surface area contributed by atoms with Crippen LogP contribution in [0.1, 0.15) is 6.92 Å². The van der Waals surface area contributed by atoms with Crippen LogP contribution >= 0.6 is 0 Å². The second-order valence-corrected chi connectivity index (χ2v) is 4.10. The Balaban J connectivity index is 1.99. The van der Waals surface area contributed by atoms with Gasteiger partial charge >= 0.3 is 0 Å². The predicted octanol–water partition coefficient (Wildman–Crippen LogP) is 1.48. The SMILES string of the molecule is CC(CN)CNc1ncc(-c2ccc[nH]2)cn1. The van der Waals surface area contributed by atoms with E-state index in [4.69, 9.17) is 5.73 Å². The zero-order valence-corrected chi connectivity index (χ0v) is 9.85. The van der Waals surface area contributed by atoms with Crippen molar-refractivity contribution in [3.05, 3.63) is 30.7 Å². The van der Waals surface area contributed by atoms with E-state index in [2.05, 4.69) is 27.2 Å². The van der Waals surface area contributed by atoms with Gasteiger partial charge in [0.15, 0.2) is 0 Å². The van der Waals surface area contributed by atoms with Crippen LogP contribution in [0, 0.1) is 5.92 Å². The highest BCUT2D eigenvalue weighted by Gasteiger charge is 2.02. The molecule has 5 nitrogen and oxygen atoms in total. The summed E-state index contributed by atoms with van der Waals surface area (Å²) in [6.07, 6.45) is 5.48. The number of aromatic amines is 1. The van der Waals surface area contributed by atoms with Crippen molar-refractivity contribution in [3.8, 4) is 11.3 Å². The van der Waals surface area contributed by atoms with E-state index in [9.17, 15) is 0 Å². The Morgan fingerprint density at radius 3 is 2.76 bits per heavy atom. The van der Waals surface area contributed by atoms with Crippen molar-refractivity contribution in [2.45, 2.75) is 6.92 Å². The van der Waals surface area contributed by atoms with Gasteiger partial charge in [-0.1, -0.05) is 6.92 Å². The Morgan fingerprint density at radius 1 is 1.41 bits per heavy atom. The normalized spacial score (nSPS) is 12.4. The fourth-order valence-corrected chi connectivity index (χ4v) is 1.42. The van der Waals surface area contributed by atoms with Crippen molar-refractivity contribution < 1.29 is 0 Å². The number of nitrogens with two attached hydrogens (primary N) is 1. The van der Waals surface area contributed by atoms with Gasteiger partial charge in [-0.3, -0.25) is 0 Å². The molecule has 4 N–H and O–H groups in total. The highest BCUT2D eigenvalue weighted by molar-refractivity contribution is 5.57. The van der Waals surface area contributed by atoms with Crippen molar-refractivity contribution in [2.75, 3.05) is 18.4 Å². The van der Waals surface area contributed by atoms with Crippen LogP contribution in [0.5, 0.6) is 0 Å². The number of hydrogen-bond acceptors (Lipinski definition) is 4. The minimum Gasteiger partial charge on any atom is -0.361 e. The molecule has 0 spiro atoms. The Kier molecular flexibility index (Phi) is 3.72. The number of aromatic nitrogens is 3. The van der Waals surface area contributed by atoms with Gasteiger partial charge in [0.1, 0.15) is 0 Å². The van der Waals surface area contributed by atoms with Gasteiger partial charge in [0.05, 0.1) is 0 Å². The number of anilines is 1. The van der Waals surface area contributed by atoms with E-state index in [0.717, 1.165) is 17.8 Å². The molecule has 0 aliphatic rings. The molecule has 2 rings (SSSR count). The first-order valence-corrected chi connectivity index (χ1v) is 5.69. The van der Waals surface area contributed by atoms with Crippen LogP contribution in [0.25, 0.3) is 11.3 Å². The van der Waals surface area contributed by atoms with E-state index < -0.39 is 0 Å². The van der Waals surface area contributed by atoms with Gasteiger partial charge in [-0.25, -0.2) is 9.97 Å². The Morgan fingerprint density at radius 2 is 2.18 bits per heavy atom. The van der Waals surface area contributed by atoms with Crippen LogP contribution < -0.4 is 11.1 Å². The van der Waals surface area contributed by atoms with Gasteiger partial charge < -0.3 is 16.0 Å². The maximum atomic E-state index is 5.54. The minimum absolute atomic E-state index is 0.418. The molecule has 0 fully saturated rings. The van der Waals surface area contributed by atoms with E-state index in [1.165, 1.54) is 0 Å². The molecule has 90 valence electrons. The van der Waals surface area contributed by atoms with Crippen molar-refractivity contribution >= 4 is 5.95 Å². The summed E-state index contributed by atoms with van der Waals surface area (Å²) in [6.45, 7) is 3.53. The number of hydrogen-bond donors (Lipinski definition) is 3. The fraction of sp³-hybridized carbons (Fsp3) is 0.333. The molecule has 0 amide bonds. The summed E-state index contributed by atoms with van der Waals surface area (Å²) in [6, 6.07) is 3.94. The fourth-order valence-electron chi connectivity index (χ4n) is 1.42. The van der Waals surface area contributed by atoms with Crippen LogP contribution in [0.2, 0.25) is 0 Å². The molecular formula is C12H17N5. The summed E-state index contributed by atoms with van der Waals surface area (Å²) >= 11 is 0. The lowest BCUT2D eigenvalue weighted by molar-refractivity contribution is 0.625. The molecule has 2 heterocycles. The molecule has 1 atom stereocenters. The maximum absolute atomic E-state index is 5.54. The van der Waals surface area contributed by atoms with E-state index in [1.807, 2.05) is 18.3 Å². The van der Waals surface area contributed by atoms with Crippen molar-refractivity contribution in [1.29, 1.82) is 0 Å². The minimum atomic E-state index is 0.418. The number of nitrogens with one attached hydrogen (secondary N) is 2. The Bertz CT molecular complexity index is 434. The lowest BCUT2D eigenvalue weighted by Crippen LogP contribution is -2.20. The lowest BCUT2D eigenvalue weighted by Gasteiger charge is -2.09. The van der Waals surface area contributed by atoms with Gasteiger partial charge in [0, 0.05) is 36.4 Å². The molecule has 0 aliphatic heterocycles. The van der Waals surface area contributed by atoms with Gasteiger partial charge in [0.25, 0.3) is 0 Å². The summed E-state index contributed by atoms with van der Waals surface area (Å²) < 4.78 is 0. The maximum Gasteiger partial charge on any atom is 0.222 e. The summed E-state index contributed by atoms with van der Waals surface area (Å²) in [5, 5.41) is 3.16. The third-order valence-corrected chi connectivity index (χ3v) is 2.57. The zero-order chi connectivity index (χ0) is 12.1. The third-order valence-electron chi connectivity index (χ3n) is 2.57. The van der Waals surface area contributed by atoms with E-state index in [0.29, 0.717) is 18.4 Å². The van der Waals surface area contributed by atoms with Crippen molar-refractivity contribution in [1.82, 2.24) is 15.0 Å². The first-order valence-electron chi connectivity index (χ1n) is 5.69. The number of H-pyrrole nitrogens is 1. The van der Waals surface area contributed by atoms with Crippen molar-refractivity contribution in [3.63, 3.8) is 0 Å². The monoisotopic (exact) mass is 231 g/mol. The summed E-state index contributed by atoms with van der Waals surface area (Å²) in [5.41, 5.74) is 7.54. The zero-order valence-electron chi connectivity index (χ0n) is 9.85. The van der Waals surface area contributed by atoms with Crippen LogP contribution in [-0.2, 0) is 0 Å². The van der Waals surface area contributed by atoms with E-state index >= 15 is 0 Å². The molecule has 0 radical (unpaired) electrons. The molecule has 0 saturated carbocycles. The largest absolute Gasteiger partial charge is 0.361 e. The number of rotatable bonds is 5. The lowest BCUT2D eigenvalue weighted by atomic mass is 10.2. The number of nitrogens with zero attached hydrogens (tertiary/aromatic N) is 2. The molecule has 17 heavy (non-hydrogen) atoms. The molecule has 0 aromatic carbocycles. The molecule has 0 bridgehead atoms. The molecule has 0 aliphatic carbocycles. The quantitative estimate of drug-likeness (QED) is 0.728. The topological polar surface area (TPSA) is 79.6 Å². The first kappa shape index (κ1) is 11.6. The molecule has 0 saturated heterocycles. The first-order chi connectivity index (χ1) is 8.29. The van der Waals surface area contributed by atoms with E-state index in [-0.39, 0.29) is 0 Å². The highest BCUT2D eigenvalue weighted by Crippen LogP contribution is 2.15. The van der Waals surface area contributed by atoms with Crippen LogP contribution in [0.15, 0.2) is 30.7 Å². The van der Waals surface area contributed by atoms with Crippen molar-refractivity contribution in [2.24, 2.45) is 11.7 Å². The Hall–Kier alpha value is -1.88. The van der Waals surface area contributed by atoms with Crippen LogP contribution in [-0.4, -0.2) is 28.0 Å². The average Bonchev–Trinajstić information content (AvgIpc) is 2.90. The van der Waals surface area contributed by atoms with Gasteiger partial charge in [-0.15, -0.1) is 0 Å². The standard InChI is InChI=1S/C12H17N5/c1-9(5-13)6-15-12-16-7-10(8-17-12)11-3-2-4-14-11/h2-4,7-9,14H,5-6,13H2,1H3,(H,15,16,17). The highest BCUT2D eigenvalue weighted by atomic mass is 15.1. The predicted molar refractivity (Wildman–Crippen MR) is 68.5 cm³/mol. The third kappa shape index (κ3) is 3.04. The molecule has 1 unspecified atom stereocenters. The second-order valence-electron chi connectivity index (χ2n) is 4.10. The molecule has 5 heteroatoms.